The highest BCUT2D eigenvalue weighted by Crippen LogP contribution is 2.13. The highest BCUT2D eigenvalue weighted by molar-refractivity contribution is 6.03. The van der Waals surface area contributed by atoms with Crippen LogP contribution in [0, 0.1) is 11.6 Å². The van der Waals surface area contributed by atoms with Gasteiger partial charge in [0.1, 0.15) is 5.56 Å². The predicted octanol–water partition coefficient (Wildman–Crippen LogP) is 0.615. The van der Waals surface area contributed by atoms with Crippen LogP contribution in [0.5, 0.6) is 0 Å². The second-order valence-electron chi connectivity index (χ2n) is 4.38. The maximum Gasteiger partial charge on any atom is 0.330 e. The van der Waals surface area contributed by atoms with E-state index in [1.807, 2.05) is 0 Å². The lowest BCUT2D eigenvalue weighted by Crippen LogP contribution is -2.40. The van der Waals surface area contributed by atoms with Gasteiger partial charge in [0.05, 0.1) is 0 Å². The highest BCUT2D eigenvalue weighted by Gasteiger charge is 2.15. The molecule has 0 fully saturated rings. The summed E-state index contributed by atoms with van der Waals surface area (Å²) >= 11 is 0. The fourth-order valence-corrected chi connectivity index (χ4v) is 1.74. The first-order chi connectivity index (χ1) is 9.81. The maximum absolute atomic E-state index is 13.1. The van der Waals surface area contributed by atoms with E-state index in [0.717, 1.165) is 33.5 Å². The molecule has 2 rings (SSSR count). The minimum atomic E-state index is -1.12. The zero-order chi connectivity index (χ0) is 15.7. The molecule has 0 atom stereocenters. The molecule has 0 unspecified atom stereocenters. The van der Waals surface area contributed by atoms with Crippen molar-refractivity contribution in [1.82, 2.24) is 9.13 Å². The van der Waals surface area contributed by atoms with Gasteiger partial charge >= 0.3 is 5.69 Å². The summed E-state index contributed by atoms with van der Waals surface area (Å²) in [6, 6.07) is 2.80. The molecule has 0 radical (unpaired) electrons. The van der Waals surface area contributed by atoms with E-state index in [1.165, 1.54) is 14.1 Å². The van der Waals surface area contributed by atoms with Gasteiger partial charge in [-0.1, -0.05) is 0 Å². The van der Waals surface area contributed by atoms with Crippen molar-refractivity contribution in [2.75, 3.05) is 5.32 Å². The number of aromatic nitrogens is 2. The minimum absolute atomic E-state index is 0.00481. The molecule has 1 aromatic heterocycles. The number of nitrogens with one attached hydrogen (secondary N) is 1. The topological polar surface area (TPSA) is 73.1 Å². The summed E-state index contributed by atoms with van der Waals surface area (Å²) in [6.07, 6.45) is 1.08. The standard InChI is InChI=1S/C13H11F2N3O3/c1-17-6-8(12(20)18(2)13(17)21)11(19)16-7-3-4-9(14)10(15)5-7/h3-6H,1-2H3,(H,16,19). The quantitative estimate of drug-likeness (QED) is 0.882. The number of hydrogen-bond acceptors (Lipinski definition) is 3. The molecule has 1 heterocycles. The van der Waals surface area contributed by atoms with Crippen LogP contribution in [0.3, 0.4) is 0 Å². The summed E-state index contributed by atoms with van der Waals surface area (Å²) in [4.78, 5) is 35.3. The Kier molecular flexibility index (Phi) is 3.70. The van der Waals surface area contributed by atoms with Crippen molar-refractivity contribution in [3.05, 3.63) is 62.4 Å². The van der Waals surface area contributed by atoms with Crippen molar-refractivity contribution in [3.63, 3.8) is 0 Å². The van der Waals surface area contributed by atoms with Crippen LogP contribution < -0.4 is 16.6 Å². The van der Waals surface area contributed by atoms with E-state index in [0.29, 0.717) is 0 Å². The number of benzene rings is 1. The average Bonchev–Trinajstić information content (AvgIpc) is 2.44. The van der Waals surface area contributed by atoms with Gasteiger partial charge in [-0.25, -0.2) is 13.6 Å². The second kappa shape index (κ2) is 5.31. The molecule has 1 amide bonds. The number of carbonyl (C=O) groups is 1. The van der Waals surface area contributed by atoms with Gasteiger partial charge < -0.3 is 9.88 Å². The molecule has 8 heteroatoms. The van der Waals surface area contributed by atoms with Crippen molar-refractivity contribution in [1.29, 1.82) is 0 Å². The zero-order valence-electron chi connectivity index (χ0n) is 11.2. The van der Waals surface area contributed by atoms with Crippen LogP contribution in [-0.2, 0) is 14.1 Å². The monoisotopic (exact) mass is 295 g/mol. The molecule has 1 aromatic carbocycles. The van der Waals surface area contributed by atoms with Gasteiger partial charge in [-0.15, -0.1) is 0 Å². The number of nitrogens with zero attached hydrogens (tertiary/aromatic N) is 2. The Balaban J connectivity index is 2.39. The van der Waals surface area contributed by atoms with Gasteiger partial charge in [0.15, 0.2) is 11.6 Å². The Labute approximate surface area is 117 Å². The smallest absolute Gasteiger partial charge is 0.322 e. The molecule has 6 nitrogen and oxygen atoms in total. The van der Waals surface area contributed by atoms with Gasteiger partial charge in [-0.2, -0.15) is 0 Å². The first-order valence-electron chi connectivity index (χ1n) is 5.84. The summed E-state index contributed by atoms with van der Waals surface area (Å²) in [5.74, 6) is -3.00. The first kappa shape index (κ1) is 14.6. The van der Waals surface area contributed by atoms with E-state index >= 15 is 0 Å². The Bertz CT molecular complexity index is 840. The third kappa shape index (κ3) is 2.73. The Morgan fingerprint density at radius 3 is 2.43 bits per heavy atom. The largest absolute Gasteiger partial charge is 0.330 e. The molecular formula is C13H11F2N3O3. The number of hydrogen-bond donors (Lipinski definition) is 1. The van der Waals surface area contributed by atoms with Crippen LogP contribution in [0.25, 0.3) is 0 Å². The summed E-state index contributed by atoms with van der Waals surface area (Å²) < 4.78 is 27.7. The van der Waals surface area contributed by atoms with Crippen molar-refractivity contribution < 1.29 is 13.6 Å². The number of amides is 1. The summed E-state index contributed by atoms with van der Waals surface area (Å²) in [5.41, 5.74) is -1.65. The normalized spacial score (nSPS) is 10.5. The number of aryl methyl sites for hydroxylation is 1. The summed E-state index contributed by atoms with van der Waals surface area (Å²) in [6.45, 7) is 0. The molecule has 110 valence electrons. The van der Waals surface area contributed by atoms with Gasteiger partial charge in [0, 0.05) is 32.0 Å². The van der Waals surface area contributed by atoms with Crippen LogP contribution >= 0.6 is 0 Å². The Morgan fingerprint density at radius 2 is 1.81 bits per heavy atom. The first-order valence-corrected chi connectivity index (χ1v) is 5.84. The Morgan fingerprint density at radius 1 is 1.14 bits per heavy atom. The van der Waals surface area contributed by atoms with Gasteiger partial charge in [0.2, 0.25) is 0 Å². The molecule has 0 saturated heterocycles. The van der Waals surface area contributed by atoms with Crippen LogP contribution in [0.4, 0.5) is 14.5 Å². The van der Waals surface area contributed by atoms with Crippen molar-refractivity contribution >= 4 is 11.6 Å². The van der Waals surface area contributed by atoms with Crippen molar-refractivity contribution in [3.8, 4) is 0 Å². The second-order valence-corrected chi connectivity index (χ2v) is 4.38. The van der Waals surface area contributed by atoms with Gasteiger partial charge in [0.25, 0.3) is 11.5 Å². The SMILES string of the molecule is Cn1cc(C(=O)Nc2ccc(F)c(F)c2)c(=O)n(C)c1=O. The van der Waals surface area contributed by atoms with E-state index in [9.17, 15) is 23.2 Å². The molecule has 0 aliphatic carbocycles. The number of rotatable bonds is 2. The van der Waals surface area contributed by atoms with E-state index in [1.54, 1.807) is 0 Å². The third-order valence-corrected chi connectivity index (χ3v) is 2.87. The fraction of sp³-hybridized carbons (Fsp3) is 0.154. The van der Waals surface area contributed by atoms with Gasteiger partial charge in [-0.3, -0.25) is 14.2 Å². The third-order valence-electron chi connectivity index (χ3n) is 2.87. The molecule has 0 saturated carbocycles. The van der Waals surface area contributed by atoms with Crippen LogP contribution in [0.15, 0.2) is 34.0 Å². The molecule has 21 heavy (non-hydrogen) atoms. The molecule has 2 aromatic rings. The van der Waals surface area contributed by atoms with Gasteiger partial charge in [-0.05, 0) is 12.1 Å². The van der Waals surface area contributed by atoms with Crippen molar-refractivity contribution in [2.24, 2.45) is 14.1 Å². The Hall–Kier alpha value is -2.77. The van der Waals surface area contributed by atoms with Crippen LogP contribution in [0.1, 0.15) is 10.4 Å². The molecule has 0 aliphatic rings. The molecule has 0 spiro atoms. The van der Waals surface area contributed by atoms with E-state index in [4.69, 9.17) is 0 Å². The fourth-order valence-electron chi connectivity index (χ4n) is 1.74. The molecule has 0 aliphatic heterocycles. The van der Waals surface area contributed by atoms with Crippen LogP contribution in [0.2, 0.25) is 0 Å². The number of halogens is 2. The lowest BCUT2D eigenvalue weighted by molar-refractivity contribution is 0.102. The predicted molar refractivity (Wildman–Crippen MR) is 71.2 cm³/mol. The van der Waals surface area contributed by atoms with Crippen LogP contribution in [-0.4, -0.2) is 15.0 Å². The average molecular weight is 295 g/mol. The lowest BCUT2D eigenvalue weighted by Gasteiger charge is -2.08. The van der Waals surface area contributed by atoms with E-state index < -0.39 is 28.8 Å². The van der Waals surface area contributed by atoms with E-state index in [-0.39, 0.29) is 11.3 Å². The molecule has 0 bridgehead atoms. The molecular weight excluding hydrogens is 284 g/mol. The number of carbonyl (C=O) groups excluding carboxylic acids is 1. The molecule has 1 N–H and O–H groups in total. The van der Waals surface area contributed by atoms with E-state index in [2.05, 4.69) is 5.32 Å². The zero-order valence-corrected chi connectivity index (χ0v) is 11.2. The minimum Gasteiger partial charge on any atom is -0.322 e. The maximum atomic E-state index is 13.1. The van der Waals surface area contributed by atoms with Crippen molar-refractivity contribution in [2.45, 2.75) is 0 Å². The lowest BCUT2D eigenvalue weighted by atomic mass is 10.2. The summed E-state index contributed by atoms with van der Waals surface area (Å²) in [7, 11) is 2.62. The number of anilines is 1. The summed E-state index contributed by atoms with van der Waals surface area (Å²) in [5, 5.41) is 2.27. The highest BCUT2D eigenvalue weighted by atomic mass is 19.2.